The molecule has 0 heterocycles. The molecule has 1 aromatic rings. The van der Waals surface area contributed by atoms with Gasteiger partial charge in [0, 0.05) is 24.2 Å². The predicted octanol–water partition coefficient (Wildman–Crippen LogP) is 1.64. The normalized spacial score (nSPS) is 12.6. The second-order valence-electron chi connectivity index (χ2n) is 3.13. The van der Waals surface area contributed by atoms with Crippen LogP contribution in [0.3, 0.4) is 0 Å². The number of benzene rings is 1. The lowest BCUT2D eigenvalue weighted by molar-refractivity contribution is 0.268. The first kappa shape index (κ1) is 10.8. The number of aromatic hydroxyl groups is 1. The van der Waals surface area contributed by atoms with Crippen molar-refractivity contribution in [1.82, 2.24) is 0 Å². The molecule has 0 radical (unpaired) electrons. The van der Waals surface area contributed by atoms with Crippen molar-refractivity contribution in [2.45, 2.75) is 12.8 Å². The second kappa shape index (κ2) is 4.28. The van der Waals surface area contributed by atoms with Crippen molar-refractivity contribution >= 4 is 0 Å². The van der Waals surface area contributed by atoms with Crippen molar-refractivity contribution in [3.05, 3.63) is 23.5 Å². The van der Waals surface area contributed by atoms with Crippen molar-refractivity contribution < 1.29 is 19.3 Å². The first-order valence-electron chi connectivity index (χ1n) is 4.27. The lowest BCUT2D eigenvalue weighted by Gasteiger charge is -2.13. The van der Waals surface area contributed by atoms with Crippen LogP contribution in [0.4, 0.5) is 4.39 Å². The SMILES string of the molecule is COc1cc(F)cc(C(C)CO)c1O. The summed E-state index contributed by atoms with van der Waals surface area (Å²) in [7, 11) is 1.35. The van der Waals surface area contributed by atoms with Gasteiger partial charge < -0.3 is 14.9 Å². The Morgan fingerprint density at radius 2 is 2.14 bits per heavy atom. The molecule has 14 heavy (non-hydrogen) atoms. The molecule has 78 valence electrons. The van der Waals surface area contributed by atoms with Crippen LogP contribution in [0, 0.1) is 5.82 Å². The average Bonchev–Trinajstić information content (AvgIpc) is 2.19. The molecule has 3 nitrogen and oxygen atoms in total. The van der Waals surface area contributed by atoms with Crippen molar-refractivity contribution in [2.75, 3.05) is 13.7 Å². The fourth-order valence-corrected chi connectivity index (χ4v) is 1.22. The lowest BCUT2D eigenvalue weighted by Crippen LogP contribution is -2.01. The third-order valence-electron chi connectivity index (χ3n) is 2.09. The van der Waals surface area contributed by atoms with Gasteiger partial charge in [0.2, 0.25) is 0 Å². The predicted molar refractivity (Wildman–Crippen MR) is 50.1 cm³/mol. The summed E-state index contributed by atoms with van der Waals surface area (Å²) in [5.74, 6) is -0.842. The zero-order valence-electron chi connectivity index (χ0n) is 8.12. The van der Waals surface area contributed by atoms with Crippen LogP contribution in [-0.2, 0) is 0 Å². The average molecular weight is 200 g/mol. The number of aliphatic hydroxyl groups excluding tert-OH is 1. The van der Waals surface area contributed by atoms with Crippen LogP contribution >= 0.6 is 0 Å². The van der Waals surface area contributed by atoms with Crippen LogP contribution in [0.15, 0.2) is 12.1 Å². The summed E-state index contributed by atoms with van der Waals surface area (Å²) in [6.07, 6.45) is 0. The zero-order valence-corrected chi connectivity index (χ0v) is 8.12. The van der Waals surface area contributed by atoms with E-state index in [2.05, 4.69) is 0 Å². The Bertz CT molecular complexity index is 325. The minimum Gasteiger partial charge on any atom is -0.504 e. The van der Waals surface area contributed by atoms with E-state index in [9.17, 15) is 9.50 Å². The number of ether oxygens (including phenoxy) is 1. The Labute approximate surface area is 81.8 Å². The number of phenolic OH excluding ortho intramolecular Hbond substituents is 1. The molecule has 1 rings (SSSR count). The van der Waals surface area contributed by atoms with Gasteiger partial charge in [-0.15, -0.1) is 0 Å². The molecule has 0 spiro atoms. The number of hydrogen-bond acceptors (Lipinski definition) is 3. The highest BCUT2D eigenvalue weighted by atomic mass is 19.1. The number of halogens is 1. The van der Waals surface area contributed by atoms with E-state index in [-0.39, 0.29) is 24.0 Å². The highest BCUT2D eigenvalue weighted by Crippen LogP contribution is 2.35. The third kappa shape index (κ3) is 1.96. The van der Waals surface area contributed by atoms with E-state index >= 15 is 0 Å². The molecule has 0 aliphatic rings. The maximum Gasteiger partial charge on any atom is 0.163 e. The van der Waals surface area contributed by atoms with E-state index in [1.54, 1.807) is 6.92 Å². The summed E-state index contributed by atoms with van der Waals surface area (Å²) in [5, 5.41) is 18.5. The largest absolute Gasteiger partial charge is 0.504 e. The molecular formula is C10H13FO3. The van der Waals surface area contributed by atoms with E-state index < -0.39 is 5.82 Å². The number of methoxy groups -OCH3 is 1. The number of phenols is 1. The lowest BCUT2D eigenvalue weighted by atomic mass is 10.0. The van der Waals surface area contributed by atoms with E-state index in [1.807, 2.05) is 0 Å². The molecule has 4 heteroatoms. The molecule has 0 aromatic heterocycles. The fourth-order valence-electron chi connectivity index (χ4n) is 1.22. The molecule has 1 atom stereocenters. The van der Waals surface area contributed by atoms with Crippen LogP contribution in [0.25, 0.3) is 0 Å². The summed E-state index contributed by atoms with van der Waals surface area (Å²) in [4.78, 5) is 0. The Morgan fingerprint density at radius 3 is 2.64 bits per heavy atom. The van der Waals surface area contributed by atoms with Gasteiger partial charge in [0.25, 0.3) is 0 Å². The van der Waals surface area contributed by atoms with Gasteiger partial charge in [-0.05, 0) is 6.07 Å². The quantitative estimate of drug-likeness (QED) is 0.779. The summed E-state index contributed by atoms with van der Waals surface area (Å²) in [6.45, 7) is 1.54. The highest BCUT2D eigenvalue weighted by molar-refractivity contribution is 5.47. The molecule has 0 aliphatic heterocycles. The molecule has 1 unspecified atom stereocenters. The van der Waals surface area contributed by atoms with Crippen molar-refractivity contribution in [3.63, 3.8) is 0 Å². The van der Waals surface area contributed by atoms with Gasteiger partial charge in [0.15, 0.2) is 11.5 Å². The minimum atomic E-state index is -0.491. The molecule has 1 aromatic carbocycles. The molecule has 0 fully saturated rings. The third-order valence-corrected chi connectivity index (χ3v) is 2.09. The van der Waals surface area contributed by atoms with Crippen molar-refractivity contribution in [3.8, 4) is 11.5 Å². The van der Waals surface area contributed by atoms with Crippen LogP contribution in [0.1, 0.15) is 18.4 Å². The summed E-state index contributed by atoms with van der Waals surface area (Å²) in [5.41, 5.74) is 0.351. The van der Waals surface area contributed by atoms with Crippen LogP contribution in [-0.4, -0.2) is 23.9 Å². The smallest absolute Gasteiger partial charge is 0.163 e. The van der Waals surface area contributed by atoms with Gasteiger partial charge >= 0.3 is 0 Å². The molecule has 0 saturated carbocycles. The fraction of sp³-hybridized carbons (Fsp3) is 0.400. The van der Waals surface area contributed by atoms with Crippen LogP contribution < -0.4 is 4.74 Å². The van der Waals surface area contributed by atoms with Crippen LogP contribution in [0.2, 0.25) is 0 Å². The van der Waals surface area contributed by atoms with E-state index in [4.69, 9.17) is 9.84 Å². The summed E-state index contributed by atoms with van der Waals surface area (Å²) in [6, 6.07) is 2.29. The molecule has 0 amide bonds. The summed E-state index contributed by atoms with van der Waals surface area (Å²) < 4.78 is 17.8. The summed E-state index contributed by atoms with van der Waals surface area (Å²) >= 11 is 0. The molecule has 0 bridgehead atoms. The van der Waals surface area contributed by atoms with Gasteiger partial charge in [0.05, 0.1) is 7.11 Å². The molecule has 2 N–H and O–H groups in total. The van der Waals surface area contributed by atoms with Gasteiger partial charge in [-0.1, -0.05) is 6.92 Å². The van der Waals surface area contributed by atoms with E-state index in [1.165, 1.54) is 13.2 Å². The molecular weight excluding hydrogens is 187 g/mol. The second-order valence-corrected chi connectivity index (χ2v) is 3.13. The standard InChI is InChI=1S/C10H13FO3/c1-6(5-12)8-3-7(11)4-9(14-2)10(8)13/h3-4,6,12-13H,5H2,1-2H3. The van der Waals surface area contributed by atoms with Crippen molar-refractivity contribution in [1.29, 1.82) is 0 Å². The topological polar surface area (TPSA) is 49.7 Å². The Balaban J connectivity index is 3.21. The zero-order chi connectivity index (χ0) is 10.7. The monoisotopic (exact) mass is 200 g/mol. The minimum absolute atomic E-state index is 0.0836. The maximum absolute atomic E-state index is 13.0. The first-order chi connectivity index (χ1) is 6.60. The Morgan fingerprint density at radius 1 is 1.50 bits per heavy atom. The number of rotatable bonds is 3. The van der Waals surface area contributed by atoms with Gasteiger partial charge in [-0.3, -0.25) is 0 Å². The number of hydrogen-bond donors (Lipinski definition) is 2. The van der Waals surface area contributed by atoms with Gasteiger partial charge in [-0.2, -0.15) is 0 Å². The highest BCUT2D eigenvalue weighted by Gasteiger charge is 2.15. The maximum atomic E-state index is 13.0. The molecule has 0 aliphatic carbocycles. The van der Waals surface area contributed by atoms with E-state index in [0.29, 0.717) is 5.56 Å². The number of aliphatic hydroxyl groups is 1. The van der Waals surface area contributed by atoms with Gasteiger partial charge in [-0.25, -0.2) is 4.39 Å². The van der Waals surface area contributed by atoms with Gasteiger partial charge in [0.1, 0.15) is 5.82 Å². The van der Waals surface area contributed by atoms with Crippen LogP contribution in [0.5, 0.6) is 11.5 Å². The van der Waals surface area contributed by atoms with E-state index in [0.717, 1.165) is 6.07 Å². The first-order valence-corrected chi connectivity index (χ1v) is 4.27. The Hall–Kier alpha value is -1.29. The van der Waals surface area contributed by atoms with Crippen molar-refractivity contribution in [2.24, 2.45) is 0 Å². The Kier molecular flexibility index (Phi) is 3.30. The molecule has 0 saturated heterocycles.